The Balaban J connectivity index is 1.93. The van der Waals surface area contributed by atoms with Gasteiger partial charge in [-0.2, -0.15) is 0 Å². The smallest absolute Gasteiger partial charge is 0.143 e. The first-order valence-electron chi connectivity index (χ1n) is 7.60. The van der Waals surface area contributed by atoms with Gasteiger partial charge in [0.2, 0.25) is 0 Å². The molecule has 104 valence electrons. The van der Waals surface area contributed by atoms with E-state index in [0.29, 0.717) is 11.8 Å². The zero-order valence-electron chi connectivity index (χ0n) is 11.6. The van der Waals surface area contributed by atoms with Crippen LogP contribution < -0.4 is 5.32 Å². The summed E-state index contributed by atoms with van der Waals surface area (Å²) in [5.74, 6) is 3.48. The van der Waals surface area contributed by atoms with E-state index in [1.165, 1.54) is 54.2 Å². The van der Waals surface area contributed by atoms with Crippen molar-refractivity contribution in [2.75, 3.05) is 11.9 Å². The summed E-state index contributed by atoms with van der Waals surface area (Å²) in [6.45, 7) is 3.07. The van der Waals surface area contributed by atoms with Gasteiger partial charge in [0.15, 0.2) is 0 Å². The Bertz CT molecular complexity index is 451. The molecule has 2 aliphatic carbocycles. The molecule has 0 atom stereocenters. The summed E-state index contributed by atoms with van der Waals surface area (Å²) in [6.07, 6.45) is 9.24. The van der Waals surface area contributed by atoms with E-state index in [2.05, 4.69) is 34.8 Å². The molecule has 0 spiro atoms. The van der Waals surface area contributed by atoms with Crippen molar-refractivity contribution in [1.82, 2.24) is 9.97 Å². The van der Waals surface area contributed by atoms with Gasteiger partial charge in [-0.1, -0.05) is 19.3 Å². The molecule has 0 radical (unpaired) electrons. The predicted molar refractivity (Wildman–Crippen MR) is 86.7 cm³/mol. The lowest BCUT2D eigenvalue weighted by Crippen LogP contribution is -2.14. The molecule has 2 aliphatic rings. The monoisotopic (exact) mass is 371 g/mol. The number of anilines is 1. The predicted octanol–water partition coefficient (Wildman–Crippen LogP) is 4.44. The van der Waals surface area contributed by atoms with Crippen molar-refractivity contribution in [2.45, 2.75) is 63.7 Å². The summed E-state index contributed by atoms with van der Waals surface area (Å²) in [5, 5.41) is 3.42. The number of rotatable bonds is 4. The summed E-state index contributed by atoms with van der Waals surface area (Å²) in [7, 11) is 0. The molecular formula is C15H22IN3. The van der Waals surface area contributed by atoms with Crippen LogP contribution in [0.15, 0.2) is 0 Å². The number of aromatic nitrogens is 2. The van der Waals surface area contributed by atoms with Crippen LogP contribution >= 0.6 is 22.6 Å². The first-order valence-corrected chi connectivity index (χ1v) is 8.68. The molecule has 0 aliphatic heterocycles. The third-order valence-electron chi connectivity index (χ3n) is 4.17. The van der Waals surface area contributed by atoms with E-state index in [9.17, 15) is 0 Å². The minimum absolute atomic E-state index is 0.598. The van der Waals surface area contributed by atoms with E-state index in [1.54, 1.807) is 0 Å². The summed E-state index contributed by atoms with van der Waals surface area (Å²) in [6, 6.07) is 0. The molecule has 1 heterocycles. The molecular weight excluding hydrogens is 349 g/mol. The molecule has 3 rings (SSSR count). The number of hydrogen-bond acceptors (Lipinski definition) is 3. The lowest BCUT2D eigenvalue weighted by atomic mass is 9.88. The van der Waals surface area contributed by atoms with Gasteiger partial charge < -0.3 is 5.32 Å². The quantitative estimate of drug-likeness (QED) is 0.796. The normalized spacial score (nSPS) is 20.5. The van der Waals surface area contributed by atoms with Crippen molar-refractivity contribution < 1.29 is 0 Å². The van der Waals surface area contributed by atoms with Gasteiger partial charge in [-0.25, -0.2) is 9.97 Å². The largest absolute Gasteiger partial charge is 0.369 e. The molecule has 0 unspecified atom stereocenters. The van der Waals surface area contributed by atoms with E-state index in [0.717, 1.165) is 18.2 Å². The van der Waals surface area contributed by atoms with E-state index < -0.39 is 0 Å². The van der Waals surface area contributed by atoms with Crippen LogP contribution in [0.3, 0.4) is 0 Å². The average Bonchev–Trinajstić information content (AvgIpc) is 3.27. The van der Waals surface area contributed by atoms with Gasteiger partial charge >= 0.3 is 0 Å². The minimum atomic E-state index is 0.598. The Hall–Kier alpha value is -0.390. The fourth-order valence-electron chi connectivity index (χ4n) is 2.94. The zero-order valence-corrected chi connectivity index (χ0v) is 13.7. The highest BCUT2D eigenvalue weighted by atomic mass is 127. The van der Waals surface area contributed by atoms with Gasteiger partial charge in [0.05, 0.1) is 9.26 Å². The summed E-state index contributed by atoms with van der Waals surface area (Å²) in [5.41, 5.74) is 1.31. The number of nitrogens with one attached hydrogen (secondary N) is 1. The van der Waals surface area contributed by atoms with E-state index >= 15 is 0 Å². The maximum Gasteiger partial charge on any atom is 0.143 e. The molecule has 0 bridgehead atoms. The van der Waals surface area contributed by atoms with E-state index in [-0.39, 0.29) is 0 Å². The highest BCUT2D eigenvalue weighted by Gasteiger charge is 2.30. The Morgan fingerprint density at radius 3 is 2.42 bits per heavy atom. The maximum atomic E-state index is 4.94. The second kappa shape index (κ2) is 5.94. The first kappa shape index (κ1) is 13.6. The zero-order chi connectivity index (χ0) is 13.2. The van der Waals surface area contributed by atoms with Gasteiger partial charge in [-0.15, -0.1) is 0 Å². The van der Waals surface area contributed by atoms with Gasteiger partial charge in [0.25, 0.3) is 0 Å². The Morgan fingerprint density at radius 2 is 1.79 bits per heavy atom. The van der Waals surface area contributed by atoms with Crippen molar-refractivity contribution in [2.24, 2.45) is 0 Å². The molecule has 1 N–H and O–H groups in total. The average molecular weight is 371 g/mol. The van der Waals surface area contributed by atoms with Crippen LogP contribution in [0.1, 0.15) is 75.2 Å². The van der Waals surface area contributed by atoms with Gasteiger partial charge in [-0.3, -0.25) is 0 Å². The molecule has 2 saturated carbocycles. The van der Waals surface area contributed by atoms with Crippen LogP contribution in [-0.4, -0.2) is 16.5 Å². The lowest BCUT2D eigenvalue weighted by molar-refractivity contribution is 0.427. The van der Waals surface area contributed by atoms with Crippen molar-refractivity contribution in [1.29, 1.82) is 0 Å². The fourth-order valence-corrected chi connectivity index (χ4v) is 3.81. The van der Waals surface area contributed by atoms with Gasteiger partial charge in [0, 0.05) is 18.4 Å². The topological polar surface area (TPSA) is 37.8 Å². The standard InChI is InChI=1S/C15H22IN3/c1-2-17-15-12(16)13(10-8-9-10)18-14(19-15)11-6-4-3-5-7-11/h10-11H,2-9H2,1H3,(H,17,18,19). The Kier molecular flexibility index (Phi) is 4.24. The second-order valence-corrected chi connectivity index (χ2v) is 6.85. The Morgan fingerprint density at radius 1 is 1.05 bits per heavy atom. The Labute approximate surface area is 129 Å². The summed E-state index contributed by atoms with van der Waals surface area (Å²) in [4.78, 5) is 9.77. The van der Waals surface area contributed by atoms with E-state index in [1.807, 2.05) is 0 Å². The summed E-state index contributed by atoms with van der Waals surface area (Å²) >= 11 is 2.42. The van der Waals surface area contributed by atoms with Gasteiger partial charge in [-0.05, 0) is 55.2 Å². The maximum absolute atomic E-state index is 4.94. The minimum Gasteiger partial charge on any atom is -0.369 e. The number of hydrogen-bond donors (Lipinski definition) is 1. The molecule has 4 heteroatoms. The molecule has 0 aromatic carbocycles. The second-order valence-electron chi connectivity index (χ2n) is 5.77. The third-order valence-corrected chi connectivity index (χ3v) is 5.24. The van der Waals surface area contributed by atoms with Crippen molar-refractivity contribution >= 4 is 28.4 Å². The molecule has 0 amide bonds. The van der Waals surface area contributed by atoms with Crippen LogP contribution in [-0.2, 0) is 0 Å². The van der Waals surface area contributed by atoms with Gasteiger partial charge in [0.1, 0.15) is 11.6 Å². The van der Waals surface area contributed by atoms with E-state index in [4.69, 9.17) is 9.97 Å². The third kappa shape index (κ3) is 3.03. The van der Waals surface area contributed by atoms with Crippen LogP contribution in [0.5, 0.6) is 0 Å². The van der Waals surface area contributed by atoms with Crippen LogP contribution in [0, 0.1) is 3.57 Å². The molecule has 1 aromatic rings. The molecule has 1 aromatic heterocycles. The molecule has 3 nitrogen and oxygen atoms in total. The SMILES string of the molecule is CCNc1nc(C2CCCCC2)nc(C2CC2)c1I. The molecule has 0 saturated heterocycles. The lowest BCUT2D eigenvalue weighted by Gasteiger charge is -2.22. The number of nitrogens with zero attached hydrogens (tertiary/aromatic N) is 2. The number of halogens is 1. The summed E-state index contributed by atoms with van der Waals surface area (Å²) < 4.78 is 1.25. The molecule has 19 heavy (non-hydrogen) atoms. The van der Waals surface area contributed by atoms with Crippen LogP contribution in [0.2, 0.25) is 0 Å². The molecule has 2 fully saturated rings. The highest BCUT2D eigenvalue weighted by Crippen LogP contribution is 2.43. The van der Waals surface area contributed by atoms with Crippen LogP contribution in [0.4, 0.5) is 5.82 Å². The van der Waals surface area contributed by atoms with Crippen LogP contribution in [0.25, 0.3) is 0 Å². The highest BCUT2D eigenvalue weighted by molar-refractivity contribution is 14.1. The fraction of sp³-hybridized carbons (Fsp3) is 0.733. The first-order chi connectivity index (χ1) is 9.29. The van der Waals surface area contributed by atoms with Crippen molar-refractivity contribution in [3.8, 4) is 0 Å². The van der Waals surface area contributed by atoms with Crippen molar-refractivity contribution in [3.05, 3.63) is 15.1 Å². The van der Waals surface area contributed by atoms with Crippen molar-refractivity contribution in [3.63, 3.8) is 0 Å².